The number of fused-ring (bicyclic) bond motifs is 1. The molecule has 1 aliphatic heterocycles. The summed E-state index contributed by atoms with van der Waals surface area (Å²) in [6.07, 6.45) is -2.77. The number of rotatable bonds is 5. The first-order valence-electron chi connectivity index (χ1n) is 9.37. The number of nitrogens with one attached hydrogen (secondary N) is 2. The minimum Gasteiger partial charge on any atom is -0.369 e. The SMILES string of the molecule is CC(=O)NCCN[C@@H]1CC(C(F)(F)F)CN(c2ccc(C#N)c3ncccc23)C1. The number of amides is 1. The molecule has 1 saturated heterocycles. The molecule has 2 N–H and O–H groups in total. The Morgan fingerprint density at radius 3 is 2.79 bits per heavy atom. The number of alkyl halides is 3. The molecule has 2 atom stereocenters. The fourth-order valence-electron chi connectivity index (χ4n) is 3.72. The van der Waals surface area contributed by atoms with Gasteiger partial charge in [0.05, 0.1) is 17.0 Å². The third kappa shape index (κ3) is 4.95. The highest BCUT2D eigenvalue weighted by atomic mass is 19.4. The number of carbonyl (C=O) groups is 1. The van der Waals surface area contributed by atoms with Crippen LogP contribution in [-0.2, 0) is 4.79 Å². The monoisotopic (exact) mass is 405 g/mol. The molecule has 1 unspecified atom stereocenters. The highest BCUT2D eigenvalue weighted by molar-refractivity contribution is 5.95. The predicted octanol–water partition coefficient (Wildman–Crippen LogP) is 2.59. The quantitative estimate of drug-likeness (QED) is 0.748. The molecule has 1 aromatic carbocycles. The summed E-state index contributed by atoms with van der Waals surface area (Å²) < 4.78 is 40.7. The maximum Gasteiger partial charge on any atom is 0.393 e. The summed E-state index contributed by atoms with van der Waals surface area (Å²) in [7, 11) is 0. The van der Waals surface area contributed by atoms with Gasteiger partial charge in [-0.3, -0.25) is 9.78 Å². The molecule has 29 heavy (non-hydrogen) atoms. The lowest BCUT2D eigenvalue weighted by Gasteiger charge is -2.40. The molecule has 0 aliphatic carbocycles. The zero-order valence-electron chi connectivity index (χ0n) is 16.0. The minimum atomic E-state index is -4.31. The van der Waals surface area contributed by atoms with Crippen LogP contribution in [0.4, 0.5) is 18.9 Å². The molecule has 0 spiro atoms. The molecule has 6 nitrogen and oxygen atoms in total. The Morgan fingerprint density at radius 1 is 1.31 bits per heavy atom. The molecule has 9 heteroatoms. The molecule has 1 aromatic heterocycles. The molecular formula is C20H22F3N5O. The van der Waals surface area contributed by atoms with Gasteiger partial charge in [-0.25, -0.2) is 0 Å². The summed E-state index contributed by atoms with van der Waals surface area (Å²) in [5.74, 6) is -1.65. The lowest BCUT2D eigenvalue weighted by Crippen LogP contribution is -2.53. The average Bonchev–Trinajstić information content (AvgIpc) is 2.69. The van der Waals surface area contributed by atoms with Gasteiger partial charge in [0, 0.05) is 56.4 Å². The van der Waals surface area contributed by atoms with Crippen molar-refractivity contribution in [2.75, 3.05) is 31.1 Å². The van der Waals surface area contributed by atoms with Gasteiger partial charge in [0.25, 0.3) is 0 Å². The van der Waals surface area contributed by atoms with Crippen molar-refractivity contribution < 1.29 is 18.0 Å². The lowest BCUT2D eigenvalue weighted by molar-refractivity contribution is -0.177. The van der Waals surface area contributed by atoms with Crippen molar-refractivity contribution in [1.82, 2.24) is 15.6 Å². The van der Waals surface area contributed by atoms with Crippen molar-refractivity contribution in [3.63, 3.8) is 0 Å². The molecule has 1 amide bonds. The fourth-order valence-corrected chi connectivity index (χ4v) is 3.72. The molecule has 2 aromatic rings. The second-order valence-corrected chi connectivity index (χ2v) is 7.16. The van der Waals surface area contributed by atoms with Crippen LogP contribution in [0.3, 0.4) is 0 Å². The predicted molar refractivity (Wildman–Crippen MR) is 103 cm³/mol. The topological polar surface area (TPSA) is 81.0 Å². The molecular weight excluding hydrogens is 383 g/mol. The maximum absolute atomic E-state index is 13.6. The Hall–Kier alpha value is -2.86. The van der Waals surface area contributed by atoms with Crippen molar-refractivity contribution in [1.29, 1.82) is 5.26 Å². The number of anilines is 1. The second kappa shape index (κ2) is 8.66. The molecule has 3 rings (SSSR count). The van der Waals surface area contributed by atoms with Crippen LogP contribution in [0.1, 0.15) is 18.9 Å². The Labute approximate surface area is 166 Å². The molecule has 0 radical (unpaired) electrons. The summed E-state index contributed by atoms with van der Waals surface area (Å²) >= 11 is 0. The van der Waals surface area contributed by atoms with Gasteiger partial charge < -0.3 is 15.5 Å². The summed E-state index contributed by atoms with van der Waals surface area (Å²) in [4.78, 5) is 16.9. The van der Waals surface area contributed by atoms with E-state index in [9.17, 15) is 23.2 Å². The number of hydrogen-bond acceptors (Lipinski definition) is 5. The van der Waals surface area contributed by atoms with Crippen LogP contribution < -0.4 is 15.5 Å². The Balaban J connectivity index is 1.86. The van der Waals surface area contributed by atoms with Crippen LogP contribution >= 0.6 is 0 Å². The first kappa shape index (κ1) is 20.9. The number of aromatic nitrogens is 1. The maximum atomic E-state index is 13.6. The average molecular weight is 405 g/mol. The van der Waals surface area contributed by atoms with Gasteiger partial charge in [0.1, 0.15) is 6.07 Å². The van der Waals surface area contributed by atoms with Crippen molar-refractivity contribution in [2.45, 2.75) is 25.6 Å². The first-order chi connectivity index (χ1) is 13.8. The number of nitriles is 1. The molecule has 0 saturated carbocycles. The highest BCUT2D eigenvalue weighted by Gasteiger charge is 2.44. The number of piperidine rings is 1. The Morgan fingerprint density at radius 2 is 2.10 bits per heavy atom. The number of hydrogen-bond donors (Lipinski definition) is 2. The number of benzene rings is 1. The molecule has 1 aliphatic rings. The van der Waals surface area contributed by atoms with Gasteiger partial charge in [-0.15, -0.1) is 0 Å². The van der Waals surface area contributed by atoms with Crippen LogP contribution in [0.25, 0.3) is 10.9 Å². The van der Waals surface area contributed by atoms with Crippen molar-refractivity contribution in [3.05, 3.63) is 36.0 Å². The molecule has 2 heterocycles. The van der Waals surface area contributed by atoms with E-state index in [-0.39, 0.29) is 24.9 Å². The van der Waals surface area contributed by atoms with Crippen LogP contribution in [0.15, 0.2) is 30.5 Å². The third-order valence-corrected chi connectivity index (χ3v) is 5.05. The largest absolute Gasteiger partial charge is 0.393 e. The van der Waals surface area contributed by atoms with Crippen molar-refractivity contribution >= 4 is 22.5 Å². The van der Waals surface area contributed by atoms with E-state index in [1.807, 2.05) is 0 Å². The van der Waals surface area contributed by atoms with E-state index in [1.165, 1.54) is 6.92 Å². The summed E-state index contributed by atoms with van der Waals surface area (Å²) in [5, 5.41) is 15.7. The minimum absolute atomic E-state index is 0.0213. The van der Waals surface area contributed by atoms with Gasteiger partial charge >= 0.3 is 6.18 Å². The summed E-state index contributed by atoms with van der Waals surface area (Å²) in [6.45, 7) is 2.38. The second-order valence-electron chi connectivity index (χ2n) is 7.16. The van der Waals surface area contributed by atoms with Crippen LogP contribution in [-0.4, -0.2) is 49.3 Å². The van der Waals surface area contributed by atoms with Gasteiger partial charge in [-0.05, 0) is 30.7 Å². The standard InChI is InChI=1S/C20H22F3N5O/c1-13(29)25-7-8-26-16-9-15(20(21,22)23)11-28(12-16)18-5-4-14(10-24)19-17(18)3-2-6-27-19/h2-6,15-16,26H,7-9,11-12H2,1H3,(H,25,29)/t15?,16-/m1/s1. The van der Waals surface area contributed by atoms with E-state index < -0.39 is 12.1 Å². The zero-order chi connectivity index (χ0) is 21.0. The molecule has 0 bridgehead atoms. The van der Waals surface area contributed by atoms with E-state index in [0.717, 1.165) is 0 Å². The highest BCUT2D eigenvalue weighted by Crippen LogP contribution is 2.37. The van der Waals surface area contributed by atoms with Crippen molar-refractivity contribution in [3.8, 4) is 6.07 Å². The Kier molecular flexibility index (Phi) is 6.23. The molecule has 1 fully saturated rings. The number of halogens is 3. The van der Waals surface area contributed by atoms with Gasteiger partial charge in [0.2, 0.25) is 5.91 Å². The van der Waals surface area contributed by atoms with Crippen molar-refractivity contribution in [2.24, 2.45) is 5.92 Å². The van der Waals surface area contributed by atoms with Gasteiger partial charge in [-0.1, -0.05) is 0 Å². The number of carbonyl (C=O) groups excluding carboxylic acids is 1. The first-order valence-corrected chi connectivity index (χ1v) is 9.37. The normalized spacial score (nSPS) is 19.8. The smallest absolute Gasteiger partial charge is 0.369 e. The van der Waals surface area contributed by atoms with E-state index in [1.54, 1.807) is 35.4 Å². The summed E-state index contributed by atoms with van der Waals surface area (Å²) in [5.41, 5.74) is 1.50. The van der Waals surface area contributed by atoms with Crippen LogP contribution in [0, 0.1) is 17.2 Å². The van der Waals surface area contributed by atoms with Gasteiger partial charge in [-0.2, -0.15) is 18.4 Å². The van der Waals surface area contributed by atoms with E-state index in [4.69, 9.17) is 0 Å². The van der Waals surface area contributed by atoms with Gasteiger partial charge in [0.15, 0.2) is 0 Å². The Bertz CT molecular complexity index is 924. The summed E-state index contributed by atoms with van der Waals surface area (Å²) in [6, 6.07) is 8.47. The van der Waals surface area contributed by atoms with E-state index >= 15 is 0 Å². The fraction of sp³-hybridized carbons (Fsp3) is 0.450. The lowest BCUT2D eigenvalue weighted by atomic mass is 9.92. The van der Waals surface area contributed by atoms with Crippen LogP contribution in [0.5, 0.6) is 0 Å². The molecule has 154 valence electrons. The van der Waals surface area contributed by atoms with E-state index in [2.05, 4.69) is 21.7 Å². The number of pyridine rings is 1. The number of nitrogens with zero attached hydrogens (tertiary/aromatic N) is 3. The third-order valence-electron chi connectivity index (χ3n) is 5.05. The van der Waals surface area contributed by atoms with Crippen LogP contribution in [0.2, 0.25) is 0 Å². The van der Waals surface area contributed by atoms with E-state index in [0.29, 0.717) is 41.8 Å². The zero-order valence-corrected chi connectivity index (χ0v) is 16.0.